The number of benzene rings is 1. The van der Waals surface area contributed by atoms with Gasteiger partial charge in [0.05, 0.1) is 0 Å². The molecule has 4 aliphatic carbocycles. The minimum atomic E-state index is 0.454. The molecule has 23 heavy (non-hydrogen) atoms. The van der Waals surface area contributed by atoms with E-state index in [1.54, 1.807) is 5.56 Å². The summed E-state index contributed by atoms with van der Waals surface area (Å²) >= 11 is 0. The van der Waals surface area contributed by atoms with Crippen LogP contribution in [0.2, 0.25) is 0 Å². The Morgan fingerprint density at radius 1 is 1.04 bits per heavy atom. The highest BCUT2D eigenvalue weighted by Crippen LogP contribution is 2.70. The molecule has 6 rings (SSSR count). The summed E-state index contributed by atoms with van der Waals surface area (Å²) in [6, 6.07) is 12.0. The highest BCUT2D eigenvalue weighted by Gasteiger charge is 2.64. The van der Waals surface area contributed by atoms with Gasteiger partial charge in [0.2, 0.25) is 0 Å². The van der Waals surface area contributed by atoms with E-state index in [0.717, 1.165) is 11.8 Å². The lowest BCUT2D eigenvalue weighted by molar-refractivity contribution is 0.0656. The van der Waals surface area contributed by atoms with Crippen LogP contribution in [-0.4, -0.2) is 30.6 Å². The van der Waals surface area contributed by atoms with Gasteiger partial charge in [-0.15, -0.1) is 0 Å². The van der Waals surface area contributed by atoms with Gasteiger partial charge >= 0.3 is 0 Å². The van der Waals surface area contributed by atoms with Crippen molar-refractivity contribution in [1.29, 1.82) is 0 Å². The van der Waals surface area contributed by atoms with Crippen LogP contribution in [0, 0.1) is 17.3 Å². The monoisotopic (exact) mass is 310 g/mol. The molecule has 1 aromatic rings. The molecule has 1 heterocycles. The molecule has 1 aliphatic heterocycles. The Bertz CT molecular complexity index is 577. The maximum Gasteiger partial charge on any atom is 0.00631 e. The van der Waals surface area contributed by atoms with Crippen molar-refractivity contribution in [2.45, 2.75) is 56.4 Å². The van der Waals surface area contributed by atoms with Crippen molar-refractivity contribution >= 4 is 0 Å². The van der Waals surface area contributed by atoms with Crippen LogP contribution in [0.5, 0.6) is 0 Å². The first-order chi connectivity index (χ1) is 11.2. The number of hydrogen-bond acceptors (Lipinski definition) is 2. The molecule has 0 aromatic heterocycles. The number of nitrogens with two attached hydrogens (primary N) is 1. The summed E-state index contributed by atoms with van der Waals surface area (Å²) in [5.41, 5.74) is 8.89. The molecule has 0 amide bonds. The molecule has 4 bridgehead atoms. The molecule has 0 radical (unpaired) electrons. The Balaban J connectivity index is 1.40. The van der Waals surface area contributed by atoms with Gasteiger partial charge in [-0.1, -0.05) is 30.3 Å². The zero-order valence-corrected chi connectivity index (χ0v) is 14.2. The summed E-state index contributed by atoms with van der Waals surface area (Å²) in [4.78, 5) is 2.75. The summed E-state index contributed by atoms with van der Waals surface area (Å²) in [7, 11) is 0. The molecule has 2 N–H and O–H groups in total. The molecule has 5 aliphatic rings. The van der Waals surface area contributed by atoms with E-state index >= 15 is 0 Å². The van der Waals surface area contributed by atoms with Gasteiger partial charge in [0.15, 0.2) is 0 Å². The summed E-state index contributed by atoms with van der Waals surface area (Å²) in [5, 5.41) is 0. The SMILES string of the molecule is NC1CCN(CC23CC4CC(C2)C(c2ccccc2)(C4)C3)CC1. The lowest BCUT2D eigenvalue weighted by atomic mass is 9.65. The van der Waals surface area contributed by atoms with Crippen LogP contribution in [0.4, 0.5) is 0 Å². The fourth-order valence-electron chi connectivity index (χ4n) is 7.07. The third kappa shape index (κ3) is 2.21. The number of rotatable bonds is 3. The van der Waals surface area contributed by atoms with E-state index in [1.807, 2.05) is 0 Å². The van der Waals surface area contributed by atoms with Gasteiger partial charge in [0.1, 0.15) is 0 Å². The van der Waals surface area contributed by atoms with Gasteiger partial charge in [0.25, 0.3) is 0 Å². The predicted molar refractivity (Wildman–Crippen MR) is 94.3 cm³/mol. The highest BCUT2D eigenvalue weighted by molar-refractivity contribution is 5.34. The van der Waals surface area contributed by atoms with E-state index in [-0.39, 0.29) is 0 Å². The highest BCUT2D eigenvalue weighted by atomic mass is 15.1. The van der Waals surface area contributed by atoms with E-state index in [0.29, 0.717) is 16.9 Å². The Morgan fingerprint density at radius 3 is 2.61 bits per heavy atom. The topological polar surface area (TPSA) is 29.3 Å². The maximum absolute atomic E-state index is 6.10. The summed E-state index contributed by atoms with van der Waals surface area (Å²) < 4.78 is 0. The van der Waals surface area contributed by atoms with Crippen LogP contribution in [0.25, 0.3) is 0 Å². The quantitative estimate of drug-likeness (QED) is 0.925. The minimum Gasteiger partial charge on any atom is -0.328 e. The fraction of sp³-hybridized carbons (Fsp3) is 0.714. The standard InChI is InChI=1S/C21H30N2/c22-19-6-8-23(9-7-19)15-20-11-16-10-18(13-20)21(12-16,14-20)17-4-2-1-3-5-17/h1-5,16,18-19H,6-15,22H2. The smallest absolute Gasteiger partial charge is 0.00631 e. The fourth-order valence-corrected chi connectivity index (χ4v) is 7.07. The minimum absolute atomic E-state index is 0.454. The molecule has 4 unspecified atom stereocenters. The molecule has 1 saturated heterocycles. The molecular formula is C21H30N2. The van der Waals surface area contributed by atoms with Crippen LogP contribution >= 0.6 is 0 Å². The van der Waals surface area contributed by atoms with Crippen molar-refractivity contribution < 1.29 is 0 Å². The Kier molecular flexibility index (Phi) is 3.19. The van der Waals surface area contributed by atoms with Crippen molar-refractivity contribution in [1.82, 2.24) is 4.90 Å². The molecule has 4 atom stereocenters. The number of piperidine rings is 1. The van der Waals surface area contributed by atoms with Crippen LogP contribution < -0.4 is 5.73 Å². The summed E-state index contributed by atoms with van der Waals surface area (Å²) in [6.45, 7) is 3.81. The summed E-state index contributed by atoms with van der Waals surface area (Å²) in [5.74, 6) is 1.95. The number of likely N-dealkylation sites (tertiary alicyclic amines) is 1. The van der Waals surface area contributed by atoms with Crippen molar-refractivity contribution in [2.75, 3.05) is 19.6 Å². The number of hydrogen-bond donors (Lipinski definition) is 1. The van der Waals surface area contributed by atoms with E-state index in [9.17, 15) is 0 Å². The van der Waals surface area contributed by atoms with Crippen LogP contribution in [0.3, 0.4) is 0 Å². The Morgan fingerprint density at radius 2 is 1.83 bits per heavy atom. The second-order valence-electron chi connectivity index (χ2n) is 9.22. The van der Waals surface area contributed by atoms with Crippen molar-refractivity contribution in [3.63, 3.8) is 0 Å². The molecule has 0 spiro atoms. The second kappa shape index (κ2) is 5.07. The average Bonchev–Trinajstić information content (AvgIpc) is 2.94. The molecule has 4 saturated carbocycles. The molecule has 124 valence electrons. The molecule has 2 heteroatoms. The van der Waals surface area contributed by atoms with Crippen molar-refractivity contribution in [3.05, 3.63) is 35.9 Å². The Labute approximate surface area is 140 Å². The first kappa shape index (κ1) is 14.5. The maximum atomic E-state index is 6.10. The van der Waals surface area contributed by atoms with Crippen molar-refractivity contribution in [3.8, 4) is 0 Å². The molecule has 2 nitrogen and oxygen atoms in total. The zero-order chi connectivity index (χ0) is 15.5. The summed E-state index contributed by atoms with van der Waals surface area (Å²) in [6.07, 6.45) is 9.81. The van der Waals surface area contributed by atoms with E-state index in [1.165, 1.54) is 64.6 Å². The average molecular weight is 310 g/mol. The predicted octanol–water partition coefficient (Wildman–Crippen LogP) is 3.56. The van der Waals surface area contributed by atoms with E-state index in [2.05, 4.69) is 35.2 Å². The normalized spacial score (nSPS) is 43.3. The lowest BCUT2D eigenvalue weighted by Gasteiger charge is -2.45. The second-order valence-corrected chi connectivity index (χ2v) is 9.22. The third-order valence-electron chi connectivity index (χ3n) is 7.68. The van der Waals surface area contributed by atoms with Gasteiger partial charge in [-0.05, 0) is 86.3 Å². The lowest BCUT2D eigenvalue weighted by Crippen LogP contribution is -2.46. The zero-order valence-electron chi connectivity index (χ0n) is 14.2. The van der Waals surface area contributed by atoms with Crippen LogP contribution in [0.1, 0.15) is 50.5 Å². The number of nitrogens with zero attached hydrogens (tertiary/aromatic N) is 1. The van der Waals surface area contributed by atoms with Crippen LogP contribution in [0.15, 0.2) is 30.3 Å². The van der Waals surface area contributed by atoms with Gasteiger partial charge in [-0.25, -0.2) is 0 Å². The molecule has 1 aromatic carbocycles. The Hall–Kier alpha value is -0.860. The first-order valence-electron chi connectivity index (χ1n) is 9.71. The van der Waals surface area contributed by atoms with Gasteiger partial charge in [-0.3, -0.25) is 0 Å². The third-order valence-corrected chi connectivity index (χ3v) is 7.68. The molecule has 5 fully saturated rings. The molecular weight excluding hydrogens is 280 g/mol. The largest absolute Gasteiger partial charge is 0.328 e. The van der Waals surface area contributed by atoms with E-state index in [4.69, 9.17) is 5.73 Å². The van der Waals surface area contributed by atoms with Crippen LogP contribution in [-0.2, 0) is 5.41 Å². The van der Waals surface area contributed by atoms with Gasteiger partial charge < -0.3 is 10.6 Å². The van der Waals surface area contributed by atoms with Crippen molar-refractivity contribution in [2.24, 2.45) is 23.0 Å². The van der Waals surface area contributed by atoms with Gasteiger partial charge in [-0.2, -0.15) is 0 Å². The van der Waals surface area contributed by atoms with E-state index < -0.39 is 0 Å². The van der Waals surface area contributed by atoms with Gasteiger partial charge in [0, 0.05) is 12.6 Å². The first-order valence-corrected chi connectivity index (χ1v) is 9.71.